The first-order valence-electron chi connectivity index (χ1n) is 7.92. The lowest BCUT2D eigenvalue weighted by Gasteiger charge is -2.17. The Balaban J connectivity index is 1.77. The van der Waals surface area contributed by atoms with Gasteiger partial charge in [-0.3, -0.25) is 4.79 Å². The Labute approximate surface area is 128 Å². The number of aryl methyl sites for hydroxylation is 1. The van der Waals surface area contributed by atoms with E-state index in [0.717, 1.165) is 34.8 Å². The predicted octanol–water partition coefficient (Wildman–Crippen LogP) is 2.92. The molecule has 0 spiro atoms. The minimum Gasteiger partial charge on any atom is -0.309 e. The molecule has 2 aliphatic carbocycles. The molecule has 0 amide bonds. The van der Waals surface area contributed by atoms with Crippen LogP contribution in [0.2, 0.25) is 0 Å². The van der Waals surface area contributed by atoms with E-state index in [1.807, 2.05) is 0 Å². The van der Waals surface area contributed by atoms with Crippen molar-refractivity contribution in [3.63, 3.8) is 0 Å². The fourth-order valence-electron chi connectivity index (χ4n) is 3.25. The van der Waals surface area contributed by atoms with Crippen molar-refractivity contribution in [3.05, 3.63) is 26.6 Å². The van der Waals surface area contributed by atoms with Crippen LogP contribution in [-0.2, 0) is 12.8 Å². The number of H-pyrrole nitrogens is 1. The fourth-order valence-corrected chi connectivity index (χ4v) is 4.64. The second kappa shape index (κ2) is 4.92. The molecule has 2 aromatic heterocycles. The largest absolute Gasteiger partial charge is 0.309 e. The Hall–Kier alpha value is -1.20. The van der Waals surface area contributed by atoms with E-state index in [1.54, 1.807) is 11.3 Å². The van der Waals surface area contributed by atoms with E-state index in [0.29, 0.717) is 6.04 Å². The van der Waals surface area contributed by atoms with Crippen LogP contribution in [0.1, 0.15) is 55.4 Å². The highest BCUT2D eigenvalue weighted by Crippen LogP contribution is 2.35. The molecule has 0 aromatic carbocycles. The van der Waals surface area contributed by atoms with Gasteiger partial charge < -0.3 is 10.3 Å². The summed E-state index contributed by atoms with van der Waals surface area (Å²) in [6.45, 7) is 4.37. The highest BCUT2D eigenvalue weighted by Gasteiger charge is 2.26. The van der Waals surface area contributed by atoms with Gasteiger partial charge in [0.2, 0.25) is 0 Å². The van der Waals surface area contributed by atoms with Crippen LogP contribution < -0.4 is 10.9 Å². The van der Waals surface area contributed by atoms with Gasteiger partial charge in [-0.25, -0.2) is 4.98 Å². The van der Waals surface area contributed by atoms with E-state index < -0.39 is 0 Å². The third-order valence-corrected chi connectivity index (χ3v) is 5.81. The molecule has 1 saturated carbocycles. The molecule has 2 atom stereocenters. The summed E-state index contributed by atoms with van der Waals surface area (Å²) >= 11 is 1.72. The maximum atomic E-state index is 12.5. The van der Waals surface area contributed by atoms with E-state index in [4.69, 9.17) is 4.98 Å². The molecular formula is C16H21N3OS. The van der Waals surface area contributed by atoms with Crippen molar-refractivity contribution in [3.8, 4) is 0 Å². The minimum atomic E-state index is 0.0477. The van der Waals surface area contributed by atoms with Gasteiger partial charge in [0.25, 0.3) is 5.56 Å². The minimum absolute atomic E-state index is 0.0477. The van der Waals surface area contributed by atoms with Crippen LogP contribution in [0.5, 0.6) is 0 Å². The summed E-state index contributed by atoms with van der Waals surface area (Å²) in [5, 5.41) is 4.35. The summed E-state index contributed by atoms with van der Waals surface area (Å²) in [7, 11) is 0. The Morgan fingerprint density at radius 3 is 2.95 bits per heavy atom. The van der Waals surface area contributed by atoms with Gasteiger partial charge in [0.1, 0.15) is 10.7 Å². The van der Waals surface area contributed by atoms with Gasteiger partial charge in [-0.15, -0.1) is 11.3 Å². The Morgan fingerprint density at radius 1 is 1.38 bits per heavy atom. The van der Waals surface area contributed by atoms with Crippen LogP contribution >= 0.6 is 11.3 Å². The van der Waals surface area contributed by atoms with Crippen LogP contribution in [-0.4, -0.2) is 16.0 Å². The molecule has 2 N–H and O–H groups in total. The number of nitrogens with one attached hydrogen (secondary N) is 2. The molecule has 5 heteroatoms. The van der Waals surface area contributed by atoms with Gasteiger partial charge in [-0.05, 0) is 50.5 Å². The number of fused-ring (bicyclic) bond motifs is 3. The van der Waals surface area contributed by atoms with Crippen LogP contribution in [0.3, 0.4) is 0 Å². The second-order valence-electron chi connectivity index (χ2n) is 6.65. The smallest absolute Gasteiger partial charge is 0.259 e. The quantitative estimate of drug-likeness (QED) is 0.916. The molecule has 2 heterocycles. The molecule has 0 aliphatic heterocycles. The number of hydrogen-bond acceptors (Lipinski definition) is 4. The van der Waals surface area contributed by atoms with E-state index >= 15 is 0 Å². The summed E-state index contributed by atoms with van der Waals surface area (Å²) in [5.74, 6) is 1.51. The van der Waals surface area contributed by atoms with Crippen molar-refractivity contribution in [2.75, 3.05) is 0 Å². The molecule has 0 bridgehead atoms. The van der Waals surface area contributed by atoms with E-state index in [9.17, 15) is 4.79 Å². The van der Waals surface area contributed by atoms with Crippen LogP contribution in [0.15, 0.2) is 4.79 Å². The fraction of sp³-hybridized carbons (Fsp3) is 0.625. The summed E-state index contributed by atoms with van der Waals surface area (Å²) in [5.41, 5.74) is 1.31. The third kappa shape index (κ3) is 2.42. The molecule has 4 rings (SSSR count). The zero-order valence-corrected chi connectivity index (χ0v) is 13.3. The van der Waals surface area contributed by atoms with Crippen molar-refractivity contribution >= 4 is 21.6 Å². The van der Waals surface area contributed by atoms with Crippen LogP contribution in [0.25, 0.3) is 10.2 Å². The second-order valence-corrected chi connectivity index (χ2v) is 7.73. The zero-order chi connectivity index (χ0) is 14.6. The lowest BCUT2D eigenvalue weighted by Crippen LogP contribution is -2.25. The van der Waals surface area contributed by atoms with Gasteiger partial charge in [-0.2, -0.15) is 0 Å². The Kier molecular flexibility index (Phi) is 3.15. The molecule has 4 nitrogen and oxygen atoms in total. The number of rotatable bonds is 3. The van der Waals surface area contributed by atoms with Gasteiger partial charge in [-0.1, -0.05) is 6.92 Å². The van der Waals surface area contributed by atoms with Crippen LogP contribution in [0.4, 0.5) is 0 Å². The summed E-state index contributed by atoms with van der Waals surface area (Å²) in [6.07, 6.45) is 5.78. The highest BCUT2D eigenvalue weighted by molar-refractivity contribution is 7.18. The van der Waals surface area contributed by atoms with Crippen molar-refractivity contribution < 1.29 is 0 Å². The molecule has 0 radical (unpaired) electrons. The van der Waals surface area contributed by atoms with Crippen molar-refractivity contribution in [1.29, 1.82) is 0 Å². The number of thiophene rings is 1. The third-order valence-electron chi connectivity index (χ3n) is 4.66. The van der Waals surface area contributed by atoms with Crippen molar-refractivity contribution in [2.45, 2.75) is 58.0 Å². The van der Waals surface area contributed by atoms with Crippen molar-refractivity contribution in [1.82, 2.24) is 15.3 Å². The van der Waals surface area contributed by atoms with Gasteiger partial charge >= 0.3 is 0 Å². The normalized spacial score (nSPS) is 23.2. The molecule has 2 aliphatic rings. The number of aromatic nitrogens is 2. The average Bonchev–Trinajstić information content (AvgIpc) is 3.16. The van der Waals surface area contributed by atoms with Crippen LogP contribution in [0, 0.1) is 5.92 Å². The van der Waals surface area contributed by atoms with Gasteiger partial charge in [0.05, 0.1) is 11.4 Å². The Morgan fingerprint density at radius 2 is 2.19 bits per heavy atom. The van der Waals surface area contributed by atoms with Gasteiger partial charge in [0.15, 0.2) is 0 Å². The molecular weight excluding hydrogens is 282 g/mol. The first-order valence-corrected chi connectivity index (χ1v) is 8.74. The molecule has 112 valence electrons. The summed E-state index contributed by atoms with van der Waals surface area (Å²) in [6, 6.07) is 0.728. The first kappa shape index (κ1) is 13.5. The monoisotopic (exact) mass is 303 g/mol. The van der Waals surface area contributed by atoms with E-state index in [1.165, 1.54) is 29.7 Å². The Bertz CT molecular complexity index is 744. The first-order chi connectivity index (χ1) is 10.1. The molecule has 2 aromatic rings. The predicted molar refractivity (Wildman–Crippen MR) is 86.0 cm³/mol. The van der Waals surface area contributed by atoms with Gasteiger partial charge in [0, 0.05) is 10.9 Å². The topological polar surface area (TPSA) is 57.8 Å². The van der Waals surface area contributed by atoms with Crippen molar-refractivity contribution in [2.24, 2.45) is 5.92 Å². The molecule has 1 fully saturated rings. The van der Waals surface area contributed by atoms with E-state index in [-0.39, 0.29) is 11.6 Å². The maximum absolute atomic E-state index is 12.5. The standard InChI is InChI=1S/C16H21N3OS/c1-8-3-6-11-12(7-8)21-16-13(11)15(20)18-14(19-16)9(2)17-10-4-5-10/h8-10,17H,3-7H2,1-2H3,(H,18,19,20)/t8-,9+/m1/s1. The molecule has 0 unspecified atom stereocenters. The lowest BCUT2D eigenvalue weighted by molar-refractivity contribution is 0.509. The lowest BCUT2D eigenvalue weighted by atomic mass is 9.89. The highest BCUT2D eigenvalue weighted by atomic mass is 32.1. The maximum Gasteiger partial charge on any atom is 0.259 e. The molecule has 21 heavy (non-hydrogen) atoms. The number of hydrogen-bond donors (Lipinski definition) is 2. The average molecular weight is 303 g/mol. The number of aromatic amines is 1. The molecule has 0 saturated heterocycles. The number of nitrogens with zero attached hydrogens (tertiary/aromatic N) is 1. The summed E-state index contributed by atoms with van der Waals surface area (Å²) in [4.78, 5) is 22.6. The zero-order valence-electron chi connectivity index (χ0n) is 12.5. The summed E-state index contributed by atoms with van der Waals surface area (Å²) < 4.78 is 0. The SMILES string of the molecule is C[C@@H]1CCc2c(sc3nc([C@H](C)NC4CC4)[nH]c(=O)c23)C1. The van der Waals surface area contributed by atoms with E-state index in [2.05, 4.69) is 24.1 Å².